The van der Waals surface area contributed by atoms with Gasteiger partial charge in [-0.2, -0.15) is 0 Å². The van der Waals surface area contributed by atoms with Crippen molar-refractivity contribution in [3.8, 4) is 46.0 Å². The first-order valence-corrected chi connectivity index (χ1v) is 23.6. The van der Waals surface area contributed by atoms with Crippen LogP contribution >= 0.6 is 0 Å². The molecule has 14 unspecified atom stereocenters. The summed E-state index contributed by atoms with van der Waals surface area (Å²) in [6.07, 6.45) is -19.3. The van der Waals surface area contributed by atoms with Gasteiger partial charge in [0.25, 0.3) is 0 Å². The summed E-state index contributed by atoms with van der Waals surface area (Å²) in [5, 5.41) is 108. The zero-order valence-corrected chi connectivity index (χ0v) is 42.8. The second-order valence-corrected chi connectivity index (χ2v) is 17.3. The molecule has 0 aliphatic carbocycles. The number of ether oxygens (including phenoxy) is 14. The van der Waals surface area contributed by atoms with Crippen LogP contribution in [0.1, 0.15) is 16.7 Å². The van der Waals surface area contributed by atoms with E-state index < -0.39 is 130 Å². The monoisotopic (exact) mass is 1110 g/mol. The third kappa shape index (κ3) is 13.7. The largest absolute Gasteiger partial charge is 0.504 e. The summed E-state index contributed by atoms with van der Waals surface area (Å²) in [7, 11) is 8.00. The summed E-state index contributed by atoms with van der Waals surface area (Å²) in [5.74, 6) is -6.02. The maximum atomic E-state index is 14.0. The molecule has 428 valence electrons. The van der Waals surface area contributed by atoms with Gasteiger partial charge in [-0.1, -0.05) is 6.07 Å². The van der Waals surface area contributed by atoms with Gasteiger partial charge in [-0.25, -0.2) is 14.4 Å². The number of carbonyl (C=O) groups excluding carboxylic acids is 3. The van der Waals surface area contributed by atoms with Gasteiger partial charge in [0.1, 0.15) is 68.1 Å². The second kappa shape index (κ2) is 27.2. The van der Waals surface area contributed by atoms with Crippen LogP contribution in [0.15, 0.2) is 60.7 Å². The van der Waals surface area contributed by atoms with E-state index in [0.717, 1.165) is 18.2 Å². The fourth-order valence-electron chi connectivity index (χ4n) is 8.39. The highest BCUT2D eigenvalue weighted by Crippen LogP contribution is 2.42. The van der Waals surface area contributed by atoms with E-state index in [1.54, 1.807) is 0 Å². The Kier molecular flexibility index (Phi) is 21.0. The minimum atomic E-state index is -2.83. The topological polar surface area (TPSA) is 383 Å². The zero-order chi connectivity index (χ0) is 57.0. The standard InChI is InChI=1S/C51H62O27/c1-65-28-15-24(7-11-27(28)55)8-13-37(57)74-46-34(21-53)77-51(23-54,48(46)75-38(58)14-10-26-18-31(68-4)45(70-6)32(19-26)69-5)78-50-47(76-49-44(64)42(62)40(60)33(20-52)72-49)43(63)41(61)35(73-50)22-71-36(56)12-9-25-16-29(66-2)39(59)30(17-25)67-3/h7-19,33-35,40-44,46-50,52-55,59-64H,20-23H2,1-6H3. The molecule has 3 aromatic rings. The molecule has 3 saturated heterocycles. The molecule has 27 nitrogen and oxygen atoms in total. The van der Waals surface area contributed by atoms with Crippen molar-refractivity contribution in [1.82, 2.24) is 0 Å². The lowest BCUT2D eigenvalue weighted by Crippen LogP contribution is -2.66. The molecule has 10 N–H and O–H groups in total. The first-order valence-electron chi connectivity index (χ1n) is 23.6. The number of methoxy groups -OCH3 is 6. The lowest BCUT2D eigenvalue weighted by molar-refractivity contribution is -0.408. The number of aromatic hydroxyl groups is 2. The number of hydrogen-bond donors (Lipinski definition) is 10. The van der Waals surface area contributed by atoms with Crippen LogP contribution in [0.4, 0.5) is 0 Å². The molecule has 0 saturated carbocycles. The Balaban J connectivity index is 1.36. The summed E-state index contributed by atoms with van der Waals surface area (Å²) in [5.41, 5.74) is 0.952. The van der Waals surface area contributed by atoms with Crippen molar-refractivity contribution >= 4 is 36.1 Å². The van der Waals surface area contributed by atoms with E-state index in [4.69, 9.17) is 66.3 Å². The number of aliphatic hydroxyl groups is 8. The Morgan fingerprint density at radius 2 is 1.06 bits per heavy atom. The Morgan fingerprint density at radius 1 is 0.551 bits per heavy atom. The quantitative estimate of drug-likeness (QED) is 0.0299. The number of esters is 3. The highest BCUT2D eigenvalue weighted by atomic mass is 16.8. The molecule has 78 heavy (non-hydrogen) atoms. The number of aliphatic hydroxyl groups excluding tert-OH is 8. The summed E-state index contributed by atoms with van der Waals surface area (Å²) < 4.78 is 78.3. The Bertz CT molecular complexity index is 2570. The fourth-order valence-corrected chi connectivity index (χ4v) is 8.39. The molecule has 14 atom stereocenters. The zero-order valence-electron chi connectivity index (χ0n) is 42.8. The summed E-state index contributed by atoms with van der Waals surface area (Å²) in [6, 6.07) is 9.84. The van der Waals surface area contributed by atoms with Gasteiger partial charge >= 0.3 is 17.9 Å². The van der Waals surface area contributed by atoms with E-state index in [2.05, 4.69) is 0 Å². The summed E-state index contributed by atoms with van der Waals surface area (Å²) in [4.78, 5) is 40.7. The third-order valence-corrected chi connectivity index (χ3v) is 12.5. The van der Waals surface area contributed by atoms with Crippen molar-refractivity contribution in [2.75, 3.05) is 69.1 Å². The first-order chi connectivity index (χ1) is 37.3. The van der Waals surface area contributed by atoms with Gasteiger partial charge in [-0.05, 0) is 71.3 Å². The molecule has 27 heteroatoms. The van der Waals surface area contributed by atoms with Crippen molar-refractivity contribution in [3.05, 3.63) is 77.4 Å². The van der Waals surface area contributed by atoms with Crippen LogP contribution in [0.2, 0.25) is 0 Å². The van der Waals surface area contributed by atoms with E-state index >= 15 is 0 Å². The van der Waals surface area contributed by atoms with E-state index in [-0.39, 0.29) is 46.0 Å². The van der Waals surface area contributed by atoms with Crippen LogP contribution in [-0.4, -0.2) is 224 Å². The molecule has 0 amide bonds. The fraction of sp³-hybridized carbons (Fsp3) is 0.471. The molecule has 0 spiro atoms. The van der Waals surface area contributed by atoms with Crippen LogP contribution < -0.4 is 28.4 Å². The van der Waals surface area contributed by atoms with Gasteiger partial charge in [0.15, 0.2) is 59.3 Å². The number of phenolic OH excluding ortho intramolecular Hbond substituents is 2. The number of carbonyl (C=O) groups is 3. The van der Waals surface area contributed by atoms with Crippen LogP contribution in [0.3, 0.4) is 0 Å². The number of rotatable bonds is 23. The van der Waals surface area contributed by atoms with E-state index in [1.165, 1.54) is 103 Å². The predicted molar refractivity (Wildman–Crippen MR) is 262 cm³/mol. The molecule has 3 aliphatic heterocycles. The van der Waals surface area contributed by atoms with E-state index in [1.807, 2.05) is 0 Å². The predicted octanol–water partition coefficient (Wildman–Crippen LogP) is -1.32. The van der Waals surface area contributed by atoms with Gasteiger partial charge in [-0.15, -0.1) is 0 Å². The van der Waals surface area contributed by atoms with E-state index in [0.29, 0.717) is 16.7 Å². The molecule has 3 heterocycles. The lowest BCUT2D eigenvalue weighted by Gasteiger charge is -2.47. The molecule has 3 aliphatic rings. The molecule has 0 bridgehead atoms. The van der Waals surface area contributed by atoms with Gasteiger partial charge < -0.3 is 117 Å². The van der Waals surface area contributed by atoms with Crippen LogP contribution in [0.5, 0.6) is 46.0 Å². The maximum absolute atomic E-state index is 14.0. The summed E-state index contributed by atoms with van der Waals surface area (Å²) in [6.45, 7) is -4.18. The normalized spacial score (nSPS) is 29.1. The van der Waals surface area contributed by atoms with Crippen molar-refractivity contribution < 1.29 is 132 Å². The average molecular weight is 1110 g/mol. The Hall–Kier alpha value is -6.83. The number of benzene rings is 3. The van der Waals surface area contributed by atoms with Crippen molar-refractivity contribution in [3.63, 3.8) is 0 Å². The molecule has 3 aromatic carbocycles. The molecule has 3 fully saturated rings. The number of hydrogen-bond acceptors (Lipinski definition) is 27. The average Bonchev–Trinajstić information content (AvgIpc) is 3.97. The van der Waals surface area contributed by atoms with Crippen LogP contribution in [-0.2, 0) is 52.3 Å². The lowest BCUT2D eigenvalue weighted by atomic mass is 9.97. The third-order valence-electron chi connectivity index (χ3n) is 12.5. The number of phenols is 2. The maximum Gasteiger partial charge on any atom is 0.331 e. The SMILES string of the molecule is COc1cc(C=CC(=O)OC2C(CO)OC(CO)(OC3OC(COC(=O)C=Cc4cc(OC)c(O)c(OC)c4)C(O)C(O)C3OC3OC(CO)C(O)C(O)C3O)C2OC(=O)C=Cc2cc(OC)c(OC)c(OC)c2)ccc1O. The smallest absolute Gasteiger partial charge is 0.331 e. The van der Waals surface area contributed by atoms with Crippen molar-refractivity contribution in [2.24, 2.45) is 0 Å². The van der Waals surface area contributed by atoms with Crippen LogP contribution in [0, 0.1) is 0 Å². The van der Waals surface area contributed by atoms with Crippen molar-refractivity contribution in [1.29, 1.82) is 0 Å². The van der Waals surface area contributed by atoms with Gasteiger partial charge in [0, 0.05) is 18.2 Å². The van der Waals surface area contributed by atoms with Crippen LogP contribution in [0.25, 0.3) is 18.2 Å². The Morgan fingerprint density at radius 3 is 1.62 bits per heavy atom. The van der Waals surface area contributed by atoms with Gasteiger partial charge in [-0.3, -0.25) is 0 Å². The second-order valence-electron chi connectivity index (χ2n) is 17.3. The molecule has 6 rings (SSSR count). The van der Waals surface area contributed by atoms with Crippen molar-refractivity contribution in [2.45, 2.75) is 85.5 Å². The van der Waals surface area contributed by atoms with Gasteiger partial charge in [0.05, 0.1) is 55.9 Å². The Labute approximate surface area is 445 Å². The molecule has 0 aromatic heterocycles. The first kappa shape index (κ1) is 60.4. The van der Waals surface area contributed by atoms with Gasteiger partial charge in [0.2, 0.25) is 17.3 Å². The summed E-state index contributed by atoms with van der Waals surface area (Å²) >= 11 is 0. The minimum absolute atomic E-state index is 0.0104. The minimum Gasteiger partial charge on any atom is -0.504 e. The van der Waals surface area contributed by atoms with E-state index in [9.17, 15) is 65.4 Å². The highest BCUT2D eigenvalue weighted by molar-refractivity contribution is 5.89. The molecular formula is C51H62O27. The molecule has 0 radical (unpaired) electrons. The highest BCUT2D eigenvalue weighted by Gasteiger charge is 2.63. The molecular weight excluding hydrogens is 1040 g/mol.